The summed E-state index contributed by atoms with van der Waals surface area (Å²) >= 11 is 0. The average molecular weight is 225 g/mol. The van der Waals surface area contributed by atoms with Crippen molar-refractivity contribution in [2.45, 2.75) is 6.54 Å². The third-order valence-electron chi connectivity index (χ3n) is 1.31. The van der Waals surface area contributed by atoms with Gasteiger partial charge in [-0.1, -0.05) is 6.07 Å². The number of hydrogen-bond acceptors (Lipinski definition) is 3. The molecule has 0 spiro atoms. The summed E-state index contributed by atoms with van der Waals surface area (Å²) in [7, 11) is 0. The van der Waals surface area contributed by atoms with Gasteiger partial charge >= 0.3 is 5.97 Å². The van der Waals surface area contributed by atoms with Crippen LogP contribution in [0, 0.1) is 0 Å². The molecule has 0 aliphatic heterocycles. The fraction of sp³-hybridized carbons (Fsp3) is 0.143. The number of aromatic carboxylic acids is 1. The molecule has 4 nitrogen and oxygen atoms in total. The molecular weight excluding hydrogens is 215 g/mol. The van der Waals surface area contributed by atoms with Crippen molar-refractivity contribution in [1.29, 1.82) is 0 Å². The van der Waals surface area contributed by atoms with Crippen LogP contribution in [0.2, 0.25) is 0 Å². The summed E-state index contributed by atoms with van der Waals surface area (Å²) in [4.78, 5) is 14.1. The van der Waals surface area contributed by atoms with Gasteiger partial charge in [-0.15, -0.1) is 24.8 Å². The van der Waals surface area contributed by atoms with Crippen molar-refractivity contribution in [1.82, 2.24) is 4.98 Å². The first-order valence-electron chi connectivity index (χ1n) is 3.13. The topological polar surface area (TPSA) is 76.2 Å². The van der Waals surface area contributed by atoms with E-state index in [0.29, 0.717) is 5.56 Å². The van der Waals surface area contributed by atoms with Gasteiger partial charge in [0.1, 0.15) is 0 Å². The molecule has 0 atom stereocenters. The van der Waals surface area contributed by atoms with Crippen LogP contribution in [0.15, 0.2) is 18.3 Å². The Labute approximate surface area is 88.0 Å². The van der Waals surface area contributed by atoms with Crippen molar-refractivity contribution >= 4 is 30.8 Å². The van der Waals surface area contributed by atoms with Crippen molar-refractivity contribution in [3.8, 4) is 0 Å². The molecule has 1 heterocycles. The fourth-order valence-corrected chi connectivity index (χ4v) is 0.796. The van der Waals surface area contributed by atoms with Crippen LogP contribution in [0.3, 0.4) is 0 Å². The number of hydrogen-bond donors (Lipinski definition) is 2. The second-order valence-electron chi connectivity index (χ2n) is 2.02. The number of carboxylic acid groups (broad SMARTS) is 1. The van der Waals surface area contributed by atoms with Crippen LogP contribution in [0.4, 0.5) is 0 Å². The van der Waals surface area contributed by atoms with E-state index in [9.17, 15) is 4.79 Å². The molecule has 0 fully saturated rings. The molecule has 6 heteroatoms. The Morgan fingerprint density at radius 2 is 2.15 bits per heavy atom. The number of nitrogens with zero attached hydrogens (tertiary/aromatic N) is 1. The van der Waals surface area contributed by atoms with Gasteiger partial charge < -0.3 is 10.8 Å². The van der Waals surface area contributed by atoms with Crippen molar-refractivity contribution in [2.24, 2.45) is 5.73 Å². The maximum Gasteiger partial charge on any atom is 0.354 e. The third kappa shape index (κ3) is 3.59. The van der Waals surface area contributed by atoms with E-state index in [2.05, 4.69) is 4.98 Å². The highest BCUT2D eigenvalue weighted by Gasteiger charge is 2.07. The zero-order chi connectivity index (χ0) is 8.27. The predicted octanol–water partition coefficient (Wildman–Crippen LogP) is 1.08. The van der Waals surface area contributed by atoms with Gasteiger partial charge in [0.2, 0.25) is 0 Å². The quantitative estimate of drug-likeness (QED) is 0.789. The molecule has 74 valence electrons. The van der Waals surface area contributed by atoms with Gasteiger partial charge in [-0.3, -0.25) is 0 Å². The molecule has 0 unspecified atom stereocenters. The number of pyridine rings is 1. The Morgan fingerprint density at radius 1 is 1.54 bits per heavy atom. The fourth-order valence-electron chi connectivity index (χ4n) is 0.796. The van der Waals surface area contributed by atoms with Gasteiger partial charge in [0, 0.05) is 12.7 Å². The Bertz CT molecular complexity index is 281. The second-order valence-corrected chi connectivity index (χ2v) is 2.02. The molecular formula is C7H10Cl2N2O2. The average Bonchev–Trinajstić information content (AvgIpc) is 2.04. The smallest absolute Gasteiger partial charge is 0.354 e. The number of nitrogens with two attached hydrogens (primary N) is 1. The molecule has 13 heavy (non-hydrogen) atoms. The first-order valence-corrected chi connectivity index (χ1v) is 3.13. The standard InChI is InChI=1S/C7H8N2O2.2ClH/c8-4-5-2-1-3-9-6(5)7(10)11;;/h1-3H,4,8H2,(H,10,11);2*1H. The van der Waals surface area contributed by atoms with Crippen LogP contribution in [-0.2, 0) is 6.54 Å². The maximum atomic E-state index is 10.5. The molecule has 1 rings (SSSR count). The van der Waals surface area contributed by atoms with Crippen molar-refractivity contribution in [3.63, 3.8) is 0 Å². The summed E-state index contributed by atoms with van der Waals surface area (Å²) < 4.78 is 0. The summed E-state index contributed by atoms with van der Waals surface area (Å²) in [5.41, 5.74) is 5.88. The van der Waals surface area contributed by atoms with Gasteiger partial charge in [-0.2, -0.15) is 0 Å². The Kier molecular flexibility index (Phi) is 7.51. The molecule has 0 saturated heterocycles. The van der Waals surface area contributed by atoms with Crippen LogP contribution < -0.4 is 5.73 Å². The van der Waals surface area contributed by atoms with Crippen LogP contribution >= 0.6 is 24.8 Å². The Morgan fingerprint density at radius 3 is 2.54 bits per heavy atom. The largest absolute Gasteiger partial charge is 0.477 e. The lowest BCUT2D eigenvalue weighted by Gasteiger charge is -1.99. The van der Waals surface area contributed by atoms with Crippen LogP contribution in [0.1, 0.15) is 16.1 Å². The van der Waals surface area contributed by atoms with Gasteiger partial charge in [0.05, 0.1) is 0 Å². The number of carboxylic acids is 1. The van der Waals surface area contributed by atoms with E-state index in [1.807, 2.05) is 0 Å². The van der Waals surface area contributed by atoms with Crippen molar-refractivity contribution in [3.05, 3.63) is 29.6 Å². The Balaban J connectivity index is 0. The van der Waals surface area contributed by atoms with E-state index in [-0.39, 0.29) is 37.1 Å². The lowest BCUT2D eigenvalue weighted by Crippen LogP contribution is -2.08. The second kappa shape index (κ2) is 6.65. The van der Waals surface area contributed by atoms with Crippen LogP contribution in [0.5, 0.6) is 0 Å². The first kappa shape index (κ1) is 14.7. The third-order valence-corrected chi connectivity index (χ3v) is 1.31. The highest BCUT2D eigenvalue weighted by Crippen LogP contribution is 2.02. The lowest BCUT2D eigenvalue weighted by molar-refractivity contribution is 0.0689. The van der Waals surface area contributed by atoms with E-state index in [0.717, 1.165) is 0 Å². The van der Waals surface area contributed by atoms with Gasteiger partial charge in [0.25, 0.3) is 0 Å². The molecule has 1 aromatic heterocycles. The summed E-state index contributed by atoms with van der Waals surface area (Å²) in [6, 6.07) is 3.31. The summed E-state index contributed by atoms with van der Waals surface area (Å²) in [6.45, 7) is 0.204. The minimum atomic E-state index is -1.04. The van der Waals surface area contributed by atoms with Crippen LogP contribution in [-0.4, -0.2) is 16.1 Å². The van der Waals surface area contributed by atoms with Crippen molar-refractivity contribution in [2.75, 3.05) is 0 Å². The van der Waals surface area contributed by atoms with E-state index < -0.39 is 5.97 Å². The normalized spacial score (nSPS) is 8.08. The number of aromatic nitrogens is 1. The minimum absolute atomic E-state index is 0. The van der Waals surface area contributed by atoms with Crippen LogP contribution in [0.25, 0.3) is 0 Å². The monoisotopic (exact) mass is 224 g/mol. The summed E-state index contributed by atoms with van der Waals surface area (Å²) in [5.74, 6) is -1.04. The van der Waals surface area contributed by atoms with Gasteiger partial charge in [0.15, 0.2) is 5.69 Å². The van der Waals surface area contributed by atoms with E-state index >= 15 is 0 Å². The Hall–Kier alpha value is -0.840. The molecule has 0 bridgehead atoms. The molecule has 0 aromatic carbocycles. The number of halogens is 2. The molecule has 0 aliphatic rings. The maximum absolute atomic E-state index is 10.5. The molecule has 0 aliphatic carbocycles. The zero-order valence-electron chi connectivity index (χ0n) is 6.64. The summed E-state index contributed by atoms with van der Waals surface area (Å²) in [6.07, 6.45) is 1.43. The SMILES string of the molecule is Cl.Cl.NCc1cccnc1C(=O)O. The van der Waals surface area contributed by atoms with Gasteiger partial charge in [-0.05, 0) is 11.6 Å². The molecule has 0 saturated carbocycles. The van der Waals surface area contributed by atoms with Gasteiger partial charge in [-0.25, -0.2) is 9.78 Å². The molecule has 3 N–H and O–H groups in total. The van der Waals surface area contributed by atoms with Crippen molar-refractivity contribution < 1.29 is 9.90 Å². The van der Waals surface area contributed by atoms with E-state index in [4.69, 9.17) is 10.8 Å². The predicted molar refractivity (Wildman–Crippen MR) is 53.6 cm³/mol. The minimum Gasteiger partial charge on any atom is -0.477 e. The first-order chi connectivity index (χ1) is 5.25. The highest BCUT2D eigenvalue weighted by atomic mass is 35.5. The molecule has 0 radical (unpaired) electrons. The van der Waals surface area contributed by atoms with E-state index in [1.165, 1.54) is 6.20 Å². The van der Waals surface area contributed by atoms with E-state index in [1.54, 1.807) is 12.1 Å². The zero-order valence-corrected chi connectivity index (χ0v) is 8.27. The lowest BCUT2D eigenvalue weighted by atomic mass is 10.2. The molecule has 1 aromatic rings. The highest BCUT2D eigenvalue weighted by molar-refractivity contribution is 5.86. The number of carbonyl (C=O) groups is 1. The number of rotatable bonds is 2. The summed E-state index contributed by atoms with van der Waals surface area (Å²) in [5, 5.41) is 8.58. The molecule has 0 amide bonds.